The van der Waals surface area contributed by atoms with Gasteiger partial charge in [0.25, 0.3) is 0 Å². The van der Waals surface area contributed by atoms with E-state index in [2.05, 4.69) is 64.2 Å². The number of hydrogen-bond donors (Lipinski definition) is 1. The number of benzene rings is 2. The van der Waals surface area contributed by atoms with Crippen LogP contribution in [0.25, 0.3) is 0 Å². The van der Waals surface area contributed by atoms with Gasteiger partial charge in [-0.05, 0) is 57.7 Å². The molecule has 2 aromatic rings. The predicted molar refractivity (Wildman–Crippen MR) is 101 cm³/mol. The third-order valence-corrected chi connectivity index (χ3v) is 5.26. The Morgan fingerprint density at radius 1 is 1.04 bits per heavy atom. The van der Waals surface area contributed by atoms with Crippen LogP contribution < -0.4 is 5.32 Å². The van der Waals surface area contributed by atoms with Gasteiger partial charge in [0.1, 0.15) is 0 Å². The van der Waals surface area contributed by atoms with Gasteiger partial charge in [0.15, 0.2) is 5.78 Å². The topological polar surface area (TPSA) is 29.1 Å². The summed E-state index contributed by atoms with van der Waals surface area (Å²) in [6.07, 6.45) is 1.01. The first-order valence-corrected chi connectivity index (χ1v) is 8.64. The minimum absolute atomic E-state index is 0.0149. The van der Waals surface area contributed by atoms with Gasteiger partial charge in [-0.2, -0.15) is 0 Å². The van der Waals surface area contributed by atoms with Crippen LogP contribution in [0.2, 0.25) is 0 Å². The van der Waals surface area contributed by atoms with Crippen LogP contribution in [0.1, 0.15) is 66.7 Å². The third-order valence-electron chi connectivity index (χ3n) is 5.26. The Bertz CT molecular complexity index is 801. The van der Waals surface area contributed by atoms with Crippen molar-refractivity contribution in [2.24, 2.45) is 0 Å². The molecule has 0 aromatic heterocycles. The number of hydrogen-bond acceptors (Lipinski definition) is 2. The second-order valence-electron chi connectivity index (χ2n) is 8.16. The molecule has 1 unspecified atom stereocenters. The Labute approximate surface area is 145 Å². The molecule has 0 bridgehead atoms. The molecule has 0 spiro atoms. The summed E-state index contributed by atoms with van der Waals surface area (Å²) in [5.41, 5.74) is 7.19. The molecule has 24 heavy (non-hydrogen) atoms. The van der Waals surface area contributed by atoms with E-state index in [4.69, 9.17) is 0 Å². The zero-order valence-electron chi connectivity index (χ0n) is 15.6. The average Bonchev–Trinajstić information content (AvgIpc) is 2.48. The molecule has 1 aliphatic rings. The molecule has 1 atom stereocenters. The maximum atomic E-state index is 11.6. The molecule has 1 heterocycles. The number of carbonyl (C=O) groups is 1. The van der Waals surface area contributed by atoms with Crippen molar-refractivity contribution in [3.63, 3.8) is 0 Å². The number of nitrogens with one attached hydrogen (secondary N) is 1. The zero-order chi connectivity index (χ0) is 17.7. The highest BCUT2D eigenvalue weighted by atomic mass is 16.1. The monoisotopic (exact) mass is 321 g/mol. The van der Waals surface area contributed by atoms with E-state index in [1.54, 1.807) is 6.92 Å². The third kappa shape index (κ3) is 2.75. The molecule has 0 fully saturated rings. The summed E-state index contributed by atoms with van der Waals surface area (Å²) < 4.78 is 0. The first-order chi connectivity index (χ1) is 11.1. The Hall–Kier alpha value is -2.09. The molecule has 0 saturated carbocycles. The highest BCUT2D eigenvalue weighted by Gasteiger charge is 2.42. The molecule has 0 aliphatic carbocycles. The van der Waals surface area contributed by atoms with Gasteiger partial charge in [-0.3, -0.25) is 4.79 Å². The molecule has 126 valence electrons. The number of rotatable bonds is 2. The van der Waals surface area contributed by atoms with Crippen LogP contribution in [0.4, 0.5) is 5.69 Å². The van der Waals surface area contributed by atoms with Crippen LogP contribution in [0, 0.1) is 13.8 Å². The van der Waals surface area contributed by atoms with E-state index in [1.165, 1.54) is 27.9 Å². The lowest BCUT2D eigenvalue weighted by atomic mass is 9.65. The van der Waals surface area contributed by atoms with E-state index in [0.717, 1.165) is 12.0 Å². The van der Waals surface area contributed by atoms with E-state index < -0.39 is 0 Å². The largest absolute Gasteiger partial charge is 0.380 e. The van der Waals surface area contributed by atoms with E-state index in [-0.39, 0.29) is 16.7 Å². The number of anilines is 1. The molecular weight excluding hydrogens is 294 g/mol. The quantitative estimate of drug-likeness (QED) is 0.750. The van der Waals surface area contributed by atoms with Gasteiger partial charge in [-0.25, -0.2) is 0 Å². The molecule has 3 rings (SSSR count). The van der Waals surface area contributed by atoms with Crippen molar-refractivity contribution in [3.05, 3.63) is 64.2 Å². The van der Waals surface area contributed by atoms with E-state index in [0.29, 0.717) is 0 Å². The maximum absolute atomic E-state index is 11.6. The van der Waals surface area contributed by atoms with E-state index in [1.807, 2.05) is 12.1 Å². The van der Waals surface area contributed by atoms with Crippen LogP contribution in [0.15, 0.2) is 36.4 Å². The summed E-state index contributed by atoms with van der Waals surface area (Å²) in [6, 6.07) is 12.7. The Kier molecular flexibility index (Phi) is 3.82. The van der Waals surface area contributed by atoms with Crippen LogP contribution in [0.3, 0.4) is 0 Å². The average molecular weight is 321 g/mol. The summed E-state index contributed by atoms with van der Waals surface area (Å²) in [4.78, 5) is 11.6. The van der Waals surface area contributed by atoms with Crippen LogP contribution in [-0.2, 0) is 5.41 Å². The van der Waals surface area contributed by atoms with Crippen LogP contribution in [0.5, 0.6) is 0 Å². The van der Waals surface area contributed by atoms with Crippen molar-refractivity contribution < 1.29 is 4.79 Å². The fourth-order valence-corrected chi connectivity index (χ4v) is 4.26. The number of Topliss-reactive ketones (excluding diaryl/α,β-unsaturated/α-hetero) is 1. The Morgan fingerprint density at radius 3 is 2.25 bits per heavy atom. The fraction of sp³-hybridized carbons (Fsp3) is 0.409. The molecule has 1 N–H and O–H groups in total. The first-order valence-electron chi connectivity index (χ1n) is 8.64. The van der Waals surface area contributed by atoms with Gasteiger partial charge >= 0.3 is 0 Å². The summed E-state index contributed by atoms with van der Waals surface area (Å²) in [5, 5.41) is 3.73. The van der Waals surface area contributed by atoms with E-state index in [9.17, 15) is 4.79 Å². The summed E-state index contributed by atoms with van der Waals surface area (Å²) in [5.74, 6) is 0.115. The van der Waals surface area contributed by atoms with Gasteiger partial charge in [0, 0.05) is 22.2 Å². The minimum Gasteiger partial charge on any atom is -0.380 e. The minimum atomic E-state index is -0.0732. The molecular formula is C22H27NO. The maximum Gasteiger partial charge on any atom is 0.159 e. The molecule has 2 heteroatoms. The Balaban J connectivity index is 2.20. The van der Waals surface area contributed by atoms with Crippen molar-refractivity contribution in [2.45, 2.75) is 58.9 Å². The smallest absolute Gasteiger partial charge is 0.159 e. The highest BCUT2D eigenvalue weighted by molar-refractivity contribution is 5.94. The predicted octanol–water partition coefficient (Wildman–Crippen LogP) is 5.41. The van der Waals surface area contributed by atoms with Crippen molar-refractivity contribution >= 4 is 11.5 Å². The van der Waals surface area contributed by atoms with Crippen molar-refractivity contribution in [1.29, 1.82) is 0 Å². The lowest BCUT2D eigenvalue weighted by Crippen LogP contribution is -2.45. The molecule has 2 aromatic carbocycles. The van der Waals surface area contributed by atoms with Crippen molar-refractivity contribution in [3.8, 4) is 0 Å². The fourth-order valence-electron chi connectivity index (χ4n) is 4.26. The van der Waals surface area contributed by atoms with Crippen molar-refractivity contribution in [2.75, 3.05) is 5.32 Å². The first kappa shape index (κ1) is 16.8. The van der Waals surface area contributed by atoms with Gasteiger partial charge in [-0.15, -0.1) is 0 Å². The van der Waals surface area contributed by atoms with Crippen LogP contribution >= 0.6 is 0 Å². The molecule has 0 radical (unpaired) electrons. The molecule has 0 saturated heterocycles. The molecule has 0 amide bonds. The van der Waals surface area contributed by atoms with Gasteiger partial charge in [-0.1, -0.05) is 48.9 Å². The SMILES string of the molecule is CC(=O)c1ccc(C2(C)CC(C)(C)Nc3c(C)cc(C)cc32)cc1. The lowest BCUT2D eigenvalue weighted by Gasteiger charge is -2.46. The molecule has 1 aliphatic heterocycles. The number of fused-ring (bicyclic) bond motifs is 1. The highest BCUT2D eigenvalue weighted by Crippen LogP contribution is 2.48. The Morgan fingerprint density at radius 2 is 1.67 bits per heavy atom. The molecule has 2 nitrogen and oxygen atoms in total. The summed E-state index contributed by atoms with van der Waals surface area (Å²) in [7, 11) is 0. The normalized spacial score (nSPS) is 21.8. The summed E-state index contributed by atoms with van der Waals surface area (Å²) >= 11 is 0. The van der Waals surface area contributed by atoms with Crippen molar-refractivity contribution in [1.82, 2.24) is 0 Å². The van der Waals surface area contributed by atoms with E-state index >= 15 is 0 Å². The van der Waals surface area contributed by atoms with Crippen LogP contribution in [-0.4, -0.2) is 11.3 Å². The van der Waals surface area contributed by atoms with Gasteiger partial charge < -0.3 is 5.32 Å². The summed E-state index contributed by atoms with van der Waals surface area (Å²) in [6.45, 7) is 12.8. The number of carbonyl (C=O) groups excluding carboxylic acids is 1. The van der Waals surface area contributed by atoms with Gasteiger partial charge in [0.2, 0.25) is 0 Å². The standard InChI is InChI=1S/C22H27NO/c1-14-11-15(2)20-19(12-14)22(6,13-21(4,5)23-20)18-9-7-17(8-10-18)16(3)24/h7-12,23H,13H2,1-6H3. The number of aryl methyl sites for hydroxylation is 2. The lowest BCUT2D eigenvalue weighted by molar-refractivity contribution is 0.101. The zero-order valence-corrected chi connectivity index (χ0v) is 15.6. The number of ketones is 1. The second kappa shape index (κ2) is 5.47. The second-order valence-corrected chi connectivity index (χ2v) is 8.16. The van der Waals surface area contributed by atoms with Gasteiger partial charge in [0.05, 0.1) is 0 Å².